The Balaban J connectivity index is 3.84. The number of carboxylic acids is 1. The molecule has 0 aromatic heterocycles. The molecule has 0 aliphatic heterocycles. The minimum atomic E-state index is -0.839. The second kappa shape index (κ2) is 7.59. The summed E-state index contributed by atoms with van der Waals surface area (Å²) in [6, 6.07) is 0. The van der Waals surface area contributed by atoms with Crippen LogP contribution in [-0.4, -0.2) is 49.3 Å². The van der Waals surface area contributed by atoms with E-state index in [1.54, 1.807) is 18.9 Å². The normalized spacial score (nSPS) is 9.46. The summed E-state index contributed by atoms with van der Waals surface area (Å²) in [6.07, 6.45) is 0. The van der Waals surface area contributed by atoms with E-state index in [9.17, 15) is 4.79 Å². The number of carboxylic acid groups (broad SMARTS) is 1. The monoisotopic (exact) mass is 185 g/mol. The highest BCUT2D eigenvalue weighted by molar-refractivity contribution is 5.69. The SMILES string of the molecule is CC#CCN(CCOC)CC(=O)O. The van der Waals surface area contributed by atoms with Crippen molar-refractivity contribution in [2.45, 2.75) is 6.92 Å². The van der Waals surface area contributed by atoms with E-state index in [4.69, 9.17) is 9.84 Å². The summed E-state index contributed by atoms with van der Waals surface area (Å²) < 4.78 is 4.85. The van der Waals surface area contributed by atoms with Gasteiger partial charge in [0.15, 0.2) is 0 Å². The van der Waals surface area contributed by atoms with Crippen LogP contribution in [0.5, 0.6) is 0 Å². The fourth-order valence-electron chi connectivity index (χ4n) is 0.817. The number of aliphatic carboxylic acids is 1. The maximum absolute atomic E-state index is 10.4. The largest absolute Gasteiger partial charge is 0.480 e. The summed E-state index contributed by atoms with van der Waals surface area (Å²) in [4.78, 5) is 12.1. The van der Waals surface area contributed by atoms with Gasteiger partial charge in [0.05, 0.1) is 19.7 Å². The lowest BCUT2D eigenvalue weighted by Crippen LogP contribution is -2.33. The van der Waals surface area contributed by atoms with Crippen LogP contribution >= 0.6 is 0 Å². The van der Waals surface area contributed by atoms with Crippen molar-refractivity contribution in [2.75, 3.05) is 33.4 Å². The Morgan fingerprint density at radius 1 is 1.62 bits per heavy atom. The summed E-state index contributed by atoms with van der Waals surface area (Å²) in [5.41, 5.74) is 0. The number of carbonyl (C=O) groups is 1. The molecule has 0 saturated carbocycles. The average Bonchev–Trinajstić information content (AvgIpc) is 2.09. The summed E-state index contributed by atoms with van der Waals surface area (Å²) >= 11 is 0. The van der Waals surface area contributed by atoms with Crippen molar-refractivity contribution >= 4 is 5.97 Å². The van der Waals surface area contributed by atoms with Crippen molar-refractivity contribution in [3.63, 3.8) is 0 Å². The molecule has 0 spiro atoms. The van der Waals surface area contributed by atoms with Gasteiger partial charge in [0, 0.05) is 13.7 Å². The van der Waals surface area contributed by atoms with Crippen LogP contribution < -0.4 is 0 Å². The molecule has 0 heterocycles. The van der Waals surface area contributed by atoms with Crippen LogP contribution in [0.25, 0.3) is 0 Å². The van der Waals surface area contributed by atoms with E-state index in [1.165, 1.54) is 0 Å². The minimum Gasteiger partial charge on any atom is -0.480 e. The highest BCUT2D eigenvalue weighted by atomic mass is 16.5. The van der Waals surface area contributed by atoms with Gasteiger partial charge in [0.1, 0.15) is 0 Å². The molecule has 0 aliphatic rings. The Labute approximate surface area is 78.5 Å². The standard InChI is InChI=1S/C9H15NO3/c1-3-4-5-10(6-7-13-2)8-9(11)12/h5-8H2,1-2H3,(H,11,12). The lowest BCUT2D eigenvalue weighted by Gasteiger charge is -2.16. The molecule has 0 atom stereocenters. The number of rotatable bonds is 6. The molecule has 0 radical (unpaired) electrons. The molecule has 1 N–H and O–H groups in total. The van der Waals surface area contributed by atoms with Crippen LogP contribution in [0.3, 0.4) is 0 Å². The van der Waals surface area contributed by atoms with Crippen LogP contribution in [0.1, 0.15) is 6.92 Å². The Morgan fingerprint density at radius 2 is 2.31 bits per heavy atom. The van der Waals surface area contributed by atoms with Crippen molar-refractivity contribution in [2.24, 2.45) is 0 Å². The molecule has 0 aromatic carbocycles. The predicted octanol–water partition coefficient (Wildman–Crippen LogP) is 0.0427. The summed E-state index contributed by atoms with van der Waals surface area (Å²) in [7, 11) is 1.59. The topological polar surface area (TPSA) is 49.8 Å². The van der Waals surface area contributed by atoms with Gasteiger partial charge in [-0.15, -0.1) is 5.92 Å². The van der Waals surface area contributed by atoms with Gasteiger partial charge in [0.25, 0.3) is 0 Å². The van der Waals surface area contributed by atoms with E-state index >= 15 is 0 Å². The molecule has 0 aliphatic carbocycles. The maximum atomic E-state index is 10.4. The number of ether oxygens (including phenoxy) is 1. The van der Waals surface area contributed by atoms with E-state index in [0.717, 1.165) is 0 Å². The number of hydrogen-bond acceptors (Lipinski definition) is 3. The van der Waals surface area contributed by atoms with Crippen LogP contribution in [0.15, 0.2) is 0 Å². The third-order valence-electron chi connectivity index (χ3n) is 1.45. The molecule has 0 saturated heterocycles. The second-order valence-electron chi connectivity index (χ2n) is 2.52. The first-order valence-corrected chi connectivity index (χ1v) is 4.03. The molecule has 0 aromatic rings. The van der Waals surface area contributed by atoms with Crippen LogP contribution in [-0.2, 0) is 9.53 Å². The van der Waals surface area contributed by atoms with Gasteiger partial charge in [0.2, 0.25) is 0 Å². The Bertz CT molecular complexity index is 205. The number of hydrogen-bond donors (Lipinski definition) is 1. The summed E-state index contributed by atoms with van der Waals surface area (Å²) in [5, 5.41) is 8.55. The molecule has 4 nitrogen and oxygen atoms in total. The smallest absolute Gasteiger partial charge is 0.317 e. The molecule has 74 valence electrons. The summed E-state index contributed by atoms with van der Waals surface area (Å²) in [5.74, 6) is 4.70. The van der Waals surface area contributed by atoms with E-state index < -0.39 is 5.97 Å². The van der Waals surface area contributed by atoms with E-state index in [1.807, 2.05) is 0 Å². The van der Waals surface area contributed by atoms with Crippen LogP contribution in [0.2, 0.25) is 0 Å². The molecule has 0 bridgehead atoms. The third-order valence-corrected chi connectivity index (χ3v) is 1.45. The number of nitrogens with zero attached hydrogens (tertiary/aromatic N) is 1. The van der Waals surface area contributed by atoms with Gasteiger partial charge in [-0.25, -0.2) is 0 Å². The second-order valence-corrected chi connectivity index (χ2v) is 2.52. The van der Waals surface area contributed by atoms with Gasteiger partial charge in [-0.1, -0.05) is 5.92 Å². The highest BCUT2D eigenvalue weighted by Gasteiger charge is 2.06. The zero-order valence-electron chi connectivity index (χ0n) is 8.04. The molecule has 0 amide bonds. The lowest BCUT2D eigenvalue weighted by atomic mass is 10.4. The first-order valence-electron chi connectivity index (χ1n) is 4.03. The highest BCUT2D eigenvalue weighted by Crippen LogP contribution is 1.87. The van der Waals surface area contributed by atoms with Crippen LogP contribution in [0.4, 0.5) is 0 Å². The molecule has 0 rings (SSSR count). The van der Waals surface area contributed by atoms with Gasteiger partial charge in [-0.05, 0) is 6.92 Å². The fraction of sp³-hybridized carbons (Fsp3) is 0.667. The Kier molecular flexibility index (Phi) is 6.98. The van der Waals surface area contributed by atoms with Gasteiger partial charge in [-0.3, -0.25) is 9.69 Å². The van der Waals surface area contributed by atoms with E-state index in [0.29, 0.717) is 19.7 Å². The molecule has 4 heteroatoms. The van der Waals surface area contributed by atoms with E-state index in [2.05, 4.69) is 11.8 Å². The molecular formula is C9H15NO3. The first-order chi connectivity index (χ1) is 6.20. The van der Waals surface area contributed by atoms with Crippen LogP contribution in [0, 0.1) is 11.8 Å². The fourth-order valence-corrected chi connectivity index (χ4v) is 0.817. The Hall–Kier alpha value is -1.05. The zero-order valence-corrected chi connectivity index (χ0v) is 8.04. The van der Waals surface area contributed by atoms with Gasteiger partial charge < -0.3 is 9.84 Å². The maximum Gasteiger partial charge on any atom is 0.317 e. The summed E-state index contributed by atoms with van der Waals surface area (Å²) in [6.45, 7) is 3.34. The molecule has 0 unspecified atom stereocenters. The van der Waals surface area contributed by atoms with Crippen molar-refractivity contribution < 1.29 is 14.6 Å². The quantitative estimate of drug-likeness (QED) is 0.594. The van der Waals surface area contributed by atoms with Gasteiger partial charge in [-0.2, -0.15) is 0 Å². The zero-order chi connectivity index (χ0) is 10.1. The van der Waals surface area contributed by atoms with E-state index in [-0.39, 0.29) is 6.54 Å². The first kappa shape index (κ1) is 11.9. The van der Waals surface area contributed by atoms with Gasteiger partial charge >= 0.3 is 5.97 Å². The van der Waals surface area contributed by atoms with Crippen molar-refractivity contribution in [3.8, 4) is 11.8 Å². The Morgan fingerprint density at radius 3 is 2.77 bits per heavy atom. The van der Waals surface area contributed by atoms with Crippen molar-refractivity contribution in [3.05, 3.63) is 0 Å². The number of methoxy groups -OCH3 is 1. The average molecular weight is 185 g/mol. The molecule has 0 fully saturated rings. The minimum absolute atomic E-state index is 0.0119. The molecule has 13 heavy (non-hydrogen) atoms. The molecular weight excluding hydrogens is 170 g/mol. The van der Waals surface area contributed by atoms with Crippen molar-refractivity contribution in [1.29, 1.82) is 0 Å². The van der Waals surface area contributed by atoms with Crippen molar-refractivity contribution in [1.82, 2.24) is 4.90 Å². The predicted molar refractivity (Wildman–Crippen MR) is 49.4 cm³/mol. The lowest BCUT2D eigenvalue weighted by molar-refractivity contribution is -0.138. The third kappa shape index (κ3) is 7.32.